The molecule has 0 radical (unpaired) electrons. The van der Waals surface area contributed by atoms with E-state index in [9.17, 15) is 0 Å². The van der Waals surface area contributed by atoms with Gasteiger partial charge in [-0.3, -0.25) is 9.80 Å². The molecule has 1 aromatic carbocycles. The summed E-state index contributed by atoms with van der Waals surface area (Å²) in [6.45, 7) is 7.50. The van der Waals surface area contributed by atoms with Crippen molar-refractivity contribution in [2.45, 2.75) is 39.0 Å². The second-order valence-electron chi connectivity index (χ2n) is 6.21. The van der Waals surface area contributed by atoms with E-state index >= 15 is 0 Å². The van der Waals surface area contributed by atoms with E-state index in [2.05, 4.69) is 69.9 Å². The number of nitrogens with zero attached hydrogens (tertiary/aromatic N) is 4. The number of hydrogen-bond donors (Lipinski definition) is 0. The van der Waals surface area contributed by atoms with Crippen LogP contribution in [0.4, 0.5) is 0 Å². The summed E-state index contributed by atoms with van der Waals surface area (Å²) in [5, 5.41) is 0. The topological polar surface area (TPSA) is 24.3 Å². The number of likely N-dealkylation sites (tertiary alicyclic amines) is 1. The summed E-state index contributed by atoms with van der Waals surface area (Å²) < 4.78 is 2.23. The summed E-state index contributed by atoms with van der Waals surface area (Å²) in [6.07, 6.45) is 5.22. The first-order chi connectivity index (χ1) is 10.8. The summed E-state index contributed by atoms with van der Waals surface area (Å²) in [7, 11) is 2.23. The maximum absolute atomic E-state index is 4.49. The standard InChI is InChI=1S/C18H26N4/c1-3-22-12-10-19-18(22)15-20(2)17-9-11-21(14-17)13-16-7-5-4-6-8-16/h4-8,10,12,17H,3,9,11,13-15H2,1-2H3/t17-/m1/s1. The third-order valence-corrected chi connectivity index (χ3v) is 4.65. The van der Waals surface area contributed by atoms with Crippen molar-refractivity contribution in [2.24, 2.45) is 0 Å². The molecule has 0 bridgehead atoms. The van der Waals surface area contributed by atoms with Crippen molar-refractivity contribution in [3.8, 4) is 0 Å². The third kappa shape index (κ3) is 3.57. The van der Waals surface area contributed by atoms with E-state index in [1.165, 1.54) is 24.4 Å². The summed E-state index contributed by atoms with van der Waals surface area (Å²) in [6, 6.07) is 11.4. The Bertz CT molecular complexity index is 578. The molecule has 0 aliphatic carbocycles. The molecule has 1 aliphatic rings. The van der Waals surface area contributed by atoms with Gasteiger partial charge in [0.25, 0.3) is 0 Å². The minimum absolute atomic E-state index is 0.630. The van der Waals surface area contributed by atoms with E-state index in [1.807, 2.05) is 6.20 Å². The molecule has 0 amide bonds. The third-order valence-electron chi connectivity index (χ3n) is 4.65. The van der Waals surface area contributed by atoms with Gasteiger partial charge < -0.3 is 4.57 Å². The minimum Gasteiger partial charge on any atom is -0.334 e. The lowest BCUT2D eigenvalue weighted by Gasteiger charge is -2.24. The second kappa shape index (κ2) is 7.07. The fourth-order valence-corrected chi connectivity index (χ4v) is 3.29. The van der Waals surface area contributed by atoms with Crippen LogP contribution in [0.15, 0.2) is 42.7 Å². The first-order valence-corrected chi connectivity index (χ1v) is 8.22. The molecule has 1 atom stereocenters. The molecule has 1 aromatic heterocycles. The molecular formula is C18H26N4. The van der Waals surface area contributed by atoms with Crippen molar-refractivity contribution in [3.05, 3.63) is 54.1 Å². The lowest BCUT2D eigenvalue weighted by atomic mass is 10.2. The predicted octanol–water partition coefficient (Wildman–Crippen LogP) is 2.61. The highest BCUT2D eigenvalue weighted by Crippen LogP contribution is 2.18. The molecule has 118 valence electrons. The number of imidazole rings is 1. The molecule has 2 aromatic rings. The van der Waals surface area contributed by atoms with Gasteiger partial charge >= 0.3 is 0 Å². The van der Waals surface area contributed by atoms with Gasteiger partial charge in [-0.2, -0.15) is 0 Å². The van der Waals surface area contributed by atoms with Crippen LogP contribution in [0, 0.1) is 0 Å². The van der Waals surface area contributed by atoms with Crippen LogP contribution in [-0.4, -0.2) is 45.5 Å². The van der Waals surface area contributed by atoms with Crippen molar-refractivity contribution in [1.29, 1.82) is 0 Å². The van der Waals surface area contributed by atoms with Crippen LogP contribution in [-0.2, 0) is 19.6 Å². The van der Waals surface area contributed by atoms with Crippen molar-refractivity contribution in [3.63, 3.8) is 0 Å². The summed E-state index contributed by atoms with van der Waals surface area (Å²) in [5.41, 5.74) is 1.41. The fraction of sp³-hybridized carbons (Fsp3) is 0.500. The molecule has 0 saturated carbocycles. The van der Waals surface area contributed by atoms with Gasteiger partial charge in [0.1, 0.15) is 5.82 Å². The summed E-state index contributed by atoms with van der Waals surface area (Å²) >= 11 is 0. The molecule has 3 rings (SSSR count). The Kier molecular flexibility index (Phi) is 4.90. The van der Waals surface area contributed by atoms with Gasteiger partial charge in [-0.25, -0.2) is 4.98 Å². The molecule has 4 nitrogen and oxygen atoms in total. The highest BCUT2D eigenvalue weighted by molar-refractivity contribution is 5.14. The van der Waals surface area contributed by atoms with E-state index in [0.717, 1.165) is 26.2 Å². The molecule has 0 unspecified atom stereocenters. The zero-order chi connectivity index (χ0) is 15.4. The van der Waals surface area contributed by atoms with E-state index in [0.29, 0.717) is 6.04 Å². The number of aryl methyl sites for hydroxylation is 1. The Hall–Kier alpha value is -1.65. The average molecular weight is 298 g/mol. The highest BCUT2D eigenvalue weighted by Gasteiger charge is 2.26. The lowest BCUT2D eigenvalue weighted by Crippen LogP contribution is -2.34. The van der Waals surface area contributed by atoms with Crippen LogP contribution in [0.3, 0.4) is 0 Å². The fourth-order valence-electron chi connectivity index (χ4n) is 3.29. The molecule has 2 heterocycles. The summed E-state index contributed by atoms with van der Waals surface area (Å²) in [4.78, 5) is 9.51. The Morgan fingerprint density at radius 3 is 2.86 bits per heavy atom. The van der Waals surface area contributed by atoms with Crippen LogP contribution in [0.2, 0.25) is 0 Å². The molecule has 4 heteroatoms. The zero-order valence-electron chi connectivity index (χ0n) is 13.7. The molecule has 1 aliphatic heterocycles. The highest BCUT2D eigenvalue weighted by atomic mass is 15.3. The Labute approximate surface area is 133 Å². The number of hydrogen-bond acceptors (Lipinski definition) is 3. The van der Waals surface area contributed by atoms with Crippen LogP contribution in [0.1, 0.15) is 24.7 Å². The molecule has 0 spiro atoms. The average Bonchev–Trinajstić information content (AvgIpc) is 3.17. The van der Waals surface area contributed by atoms with Crippen LogP contribution < -0.4 is 0 Å². The quantitative estimate of drug-likeness (QED) is 0.819. The Morgan fingerprint density at radius 1 is 1.27 bits per heavy atom. The first-order valence-electron chi connectivity index (χ1n) is 8.22. The first kappa shape index (κ1) is 15.3. The van der Waals surface area contributed by atoms with E-state index in [-0.39, 0.29) is 0 Å². The smallest absolute Gasteiger partial charge is 0.122 e. The van der Waals surface area contributed by atoms with Crippen LogP contribution in [0.25, 0.3) is 0 Å². The van der Waals surface area contributed by atoms with Crippen molar-refractivity contribution < 1.29 is 0 Å². The van der Waals surface area contributed by atoms with E-state index in [1.54, 1.807) is 0 Å². The normalized spacial score (nSPS) is 19.1. The molecule has 1 saturated heterocycles. The van der Waals surface area contributed by atoms with Crippen molar-refractivity contribution in [2.75, 3.05) is 20.1 Å². The number of benzene rings is 1. The van der Waals surface area contributed by atoms with Gasteiger partial charge in [-0.05, 0) is 26.0 Å². The zero-order valence-corrected chi connectivity index (χ0v) is 13.7. The molecule has 22 heavy (non-hydrogen) atoms. The van der Waals surface area contributed by atoms with Crippen LogP contribution >= 0.6 is 0 Å². The lowest BCUT2D eigenvalue weighted by molar-refractivity contribution is 0.216. The number of likely N-dealkylation sites (N-methyl/N-ethyl adjacent to an activating group) is 1. The Morgan fingerprint density at radius 2 is 2.09 bits per heavy atom. The predicted molar refractivity (Wildman–Crippen MR) is 89.5 cm³/mol. The summed E-state index contributed by atoms with van der Waals surface area (Å²) in [5.74, 6) is 1.17. The van der Waals surface area contributed by atoms with E-state index < -0.39 is 0 Å². The number of rotatable bonds is 6. The Balaban J connectivity index is 1.53. The largest absolute Gasteiger partial charge is 0.334 e. The minimum atomic E-state index is 0.630. The number of aromatic nitrogens is 2. The SMILES string of the molecule is CCn1ccnc1CN(C)[C@@H]1CCN(Cc2ccccc2)C1. The molecule has 0 N–H and O–H groups in total. The van der Waals surface area contributed by atoms with Gasteiger partial charge in [-0.1, -0.05) is 30.3 Å². The van der Waals surface area contributed by atoms with Crippen LogP contribution in [0.5, 0.6) is 0 Å². The van der Waals surface area contributed by atoms with Gasteiger partial charge in [0.2, 0.25) is 0 Å². The van der Waals surface area contributed by atoms with Gasteiger partial charge in [-0.15, -0.1) is 0 Å². The van der Waals surface area contributed by atoms with Crippen molar-refractivity contribution in [1.82, 2.24) is 19.4 Å². The van der Waals surface area contributed by atoms with Gasteiger partial charge in [0.15, 0.2) is 0 Å². The van der Waals surface area contributed by atoms with E-state index in [4.69, 9.17) is 0 Å². The molecular weight excluding hydrogens is 272 g/mol. The monoisotopic (exact) mass is 298 g/mol. The van der Waals surface area contributed by atoms with Crippen molar-refractivity contribution >= 4 is 0 Å². The maximum Gasteiger partial charge on any atom is 0.122 e. The van der Waals surface area contributed by atoms with Gasteiger partial charge in [0.05, 0.1) is 6.54 Å². The second-order valence-corrected chi connectivity index (χ2v) is 6.21. The van der Waals surface area contributed by atoms with Gasteiger partial charge in [0, 0.05) is 44.6 Å². The molecule has 1 fully saturated rings. The maximum atomic E-state index is 4.49.